The van der Waals surface area contributed by atoms with E-state index in [0.717, 1.165) is 17.1 Å². The topological polar surface area (TPSA) is 92.5 Å². The van der Waals surface area contributed by atoms with Gasteiger partial charge in [0.2, 0.25) is 15.9 Å². The Bertz CT molecular complexity index is 568. The normalized spacial score (nSPS) is 13.2. The summed E-state index contributed by atoms with van der Waals surface area (Å²) in [7, 11) is -0.515. The molecule has 0 aromatic heterocycles. The molecule has 3 N–H and O–H groups in total. The number of sulfonamides is 1. The molecular formula is C14H23N3O3S. The Morgan fingerprint density at radius 1 is 1.29 bits per heavy atom. The summed E-state index contributed by atoms with van der Waals surface area (Å²) in [5, 5.41) is 2.69. The third-order valence-electron chi connectivity index (χ3n) is 3.11. The van der Waals surface area contributed by atoms with Crippen molar-refractivity contribution in [2.45, 2.75) is 37.1 Å². The first-order valence-corrected chi connectivity index (χ1v) is 8.32. The second-order valence-electron chi connectivity index (χ2n) is 5.05. The molecule has 0 heterocycles. The first-order valence-electron chi connectivity index (χ1n) is 6.88. The molecule has 7 heteroatoms. The van der Waals surface area contributed by atoms with Crippen molar-refractivity contribution in [1.29, 1.82) is 0 Å². The zero-order valence-corrected chi connectivity index (χ0v) is 13.5. The van der Waals surface area contributed by atoms with E-state index in [1.165, 1.54) is 26.2 Å². The molecule has 118 valence electrons. The van der Waals surface area contributed by atoms with Crippen LogP contribution in [0, 0.1) is 0 Å². The number of amides is 1. The number of hydrogen-bond donors (Lipinski definition) is 2. The van der Waals surface area contributed by atoms with Crippen molar-refractivity contribution in [2.75, 3.05) is 19.4 Å². The lowest BCUT2D eigenvalue weighted by molar-refractivity contribution is -0.117. The molecule has 1 aromatic carbocycles. The highest BCUT2D eigenvalue weighted by Gasteiger charge is 2.17. The number of nitrogens with one attached hydrogen (secondary N) is 1. The van der Waals surface area contributed by atoms with E-state index in [0.29, 0.717) is 12.1 Å². The van der Waals surface area contributed by atoms with Crippen molar-refractivity contribution in [2.24, 2.45) is 5.73 Å². The lowest BCUT2D eigenvalue weighted by Crippen LogP contribution is -2.35. The summed E-state index contributed by atoms with van der Waals surface area (Å²) in [6, 6.07) is 5.49. The summed E-state index contributed by atoms with van der Waals surface area (Å²) in [4.78, 5) is 12.0. The number of nitrogens with zero attached hydrogens (tertiary/aromatic N) is 1. The number of carbonyl (C=O) groups excluding carboxylic acids is 1. The summed E-state index contributed by atoms with van der Waals surface area (Å²) in [6.07, 6.45) is 2.52. The number of carbonyl (C=O) groups is 1. The Morgan fingerprint density at radius 3 is 2.33 bits per heavy atom. The standard InChI is InChI=1S/C14H23N3O3S/c1-4-5-6-13(15)14(18)16-11-7-9-12(10-8-11)21(19,20)17(2)3/h7-10,13H,4-6,15H2,1-3H3,(H,16,18). The van der Waals surface area contributed by atoms with E-state index in [1.54, 1.807) is 12.1 Å². The Balaban J connectivity index is 2.74. The number of unbranched alkanes of at least 4 members (excludes halogenated alkanes) is 1. The van der Waals surface area contributed by atoms with Crippen molar-refractivity contribution in [3.8, 4) is 0 Å². The highest BCUT2D eigenvalue weighted by molar-refractivity contribution is 7.89. The minimum absolute atomic E-state index is 0.181. The number of nitrogens with two attached hydrogens (primary N) is 1. The van der Waals surface area contributed by atoms with Crippen LogP contribution in [0.2, 0.25) is 0 Å². The molecule has 6 nitrogen and oxygen atoms in total. The zero-order chi connectivity index (χ0) is 16.0. The summed E-state index contributed by atoms with van der Waals surface area (Å²) in [6.45, 7) is 2.04. The molecule has 1 unspecified atom stereocenters. The van der Waals surface area contributed by atoms with E-state index in [4.69, 9.17) is 5.73 Å². The monoisotopic (exact) mass is 313 g/mol. The molecular weight excluding hydrogens is 290 g/mol. The number of anilines is 1. The van der Waals surface area contributed by atoms with Crippen LogP contribution >= 0.6 is 0 Å². The maximum absolute atomic E-state index is 11.9. The van der Waals surface area contributed by atoms with Gasteiger partial charge in [0, 0.05) is 19.8 Å². The van der Waals surface area contributed by atoms with Crippen LogP contribution in [0.5, 0.6) is 0 Å². The van der Waals surface area contributed by atoms with Gasteiger partial charge in [0.1, 0.15) is 0 Å². The molecule has 0 saturated carbocycles. The molecule has 1 rings (SSSR count). The molecule has 0 spiro atoms. The number of hydrogen-bond acceptors (Lipinski definition) is 4. The Morgan fingerprint density at radius 2 is 1.86 bits per heavy atom. The van der Waals surface area contributed by atoms with Gasteiger partial charge in [-0.05, 0) is 30.7 Å². The van der Waals surface area contributed by atoms with E-state index < -0.39 is 16.1 Å². The third-order valence-corrected chi connectivity index (χ3v) is 4.94. The largest absolute Gasteiger partial charge is 0.325 e. The first-order chi connectivity index (χ1) is 9.78. The van der Waals surface area contributed by atoms with Crippen LogP contribution in [-0.2, 0) is 14.8 Å². The highest BCUT2D eigenvalue weighted by atomic mass is 32.2. The summed E-state index contributed by atoms with van der Waals surface area (Å²) in [5.41, 5.74) is 6.31. The van der Waals surface area contributed by atoms with Gasteiger partial charge in [-0.15, -0.1) is 0 Å². The summed E-state index contributed by atoms with van der Waals surface area (Å²) < 4.78 is 25.0. The van der Waals surface area contributed by atoms with Gasteiger partial charge in [0.25, 0.3) is 0 Å². The van der Waals surface area contributed by atoms with Gasteiger partial charge < -0.3 is 11.1 Å². The van der Waals surface area contributed by atoms with Crippen LogP contribution in [0.25, 0.3) is 0 Å². The molecule has 0 saturated heterocycles. The predicted octanol–water partition coefficient (Wildman–Crippen LogP) is 1.39. The van der Waals surface area contributed by atoms with Crippen LogP contribution in [0.3, 0.4) is 0 Å². The van der Waals surface area contributed by atoms with E-state index in [2.05, 4.69) is 5.32 Å². The Labute approximate surface area is 126 Å². The van der Waals surface area contributed by atoms with Crippen LogP contribution in [0.4, 0.5) is 5.69 Å². The van der Waals surface area contributed by atoms with E-state index >= 15 is 0 Å². The maximum Gasteiger partial charge on any atom is 0.242 e. The van der Waals surface area contributed by atoms with Gasteiger partial charge in [-0.3, -0.25) is 4.79 Å². The lowest BCUT2D eigenvalue weighted by atomic mass is 10.1. The van der Waals surface area contributed by atoms with E-state index in [-0.39, 0.29) is 10.8 Å². The average Bonchev–Trinajstić information content (AvgIpc) is 2.45. The van der Waals surface area contributed by atoms with Gasteiger partial charge >= 0.3 is 0 Å². The third kappa shape index (κ3) is 4.80. The quantitative estimate of drug-likeness (QED) is 0.795. The van der Waals surface area contributed by atoms with Crippen LogP contribution in [0.15, 0.2) is 29.2 Å². The van der Waals surface area contributed by atoms with E-state index in [9.17, 15) is 13.2 Å². The second-order valence-corrected chi connectivity index (χ2v) is 7.20. The van der Waals surface area contributed by atoms with E-state index in [1.807, 2.05) is 6.92 Å². The van der Waals surface area contributed by atoms with Crippen molar-refractivity contribution in [1.82, 2.24) is 4.31 Å². The molecule has 0 aliphatic carbocycles. The van der Waals surface area contributed by atoms with Crippen LogP contribution < -0.4 is 11.1 Å². The summed E-state index contributed by atoms with van der Waals surface area (Å²) in [5.74, 6) is -0.258. The minimum Gasteiger partial charge on any atom is -0.325 e. The van der Waals surface area contributed by atoms with Crippen molar-refractivity contribution in [3.63, 3.8) is 0 Å². The Kier molecular flexibility index (Phi) is 6.32. The summed E-state index contributed by atoms with van der Waals surface area (Å²) >= 11 is 0. The van der Waals surface area contributed by atoms with Gasteiger partial charge in [0.15, 0.2) is 0 Å². The molecule has 21 heavy (non-hydrogen) atoms. The average molecular weight is 313 g/mol. The van der Waals surface area contributed by atoms with Gasteiger partial charge in [0.05, 0.1) is 10.9 Å². The van der Waals surface area contributed by atoms with Crippen LogP contribution in [-0.4, -0.2) is 38.8 Å². The molecule has 0 fully saturated rings. The molecule has 0 radical (unpaired) electrons. The Hall–Kier alpha value is -1.44. The smallest absolute Gasteiger partial charge is 0.242 e. The maximum atomic E-state index is 11.9. The predicted molar refractivity (Wildman–Crippen MR) is 83.4 cm³/mol. The fourth-order valence-corrected chi connectivity index (χ4v) is 2.61. The first kappa shape index (κ1) is 17.6. The molecule has 0 bridgehead atoms. The van der Waals surface area contributed by atoms with Crippen molar-refractivity contribution < 1.29 is 13.2 Å². The molecule has 0 aliphatic rings. The minimum atomic E-state index is -3.45. The molecule has 1 amide bonds. The fourth-order valence-electron chi connectivity index (χ4n) is 1.71. The van der Waals surface area contributed by atoms with Gasteiger partial charge in [-0.2, -0.15) is 0 Å². The highest BCUT2D eigenvalue weighted by Crippen LogP contribution is 2.16. The van der Waals surface area contributed by atoms with Gasteiger partial charge in [-0.1, -0.05) is 19.8 Å². The number of rotatable bonds is 7. The van der Waals surface area contributed by atoms with Crippen molar-refractivity contribution in [3.05, 3.63) is 24.3 Å². The SMILES string of the molecule is CCCCC(N)C(=O)Nc1ccc(S(=O)(=O)N(C)C)cc1. The second kappa shape index (κ2) is 7.53. The lowest BCUT2D eigenvalue weighted by Gasteiger charge is -2.13. The van der Waals surface area contributed by atoms with Crippen molar-refractivity contribution >= 4 is 21.6 Å². The van der Waals surface area contributed by atoms with Crippen LogP contribution in [0.1, 0.15) is 26.2 Å². The molecule has 1 aromatic rings. The number of benzene rings is 1. The fraction of sp³-hybridized carbons (Fsp3) is 0.500. The zero-order valence-electron chi connectivity index (χ0n) is 12.7. The van der Waals surface area contributed by atoms with Gasteiger partial charge in [-0.25, -0.2) is 12.7 Å². The molecule has 1 atom stereocenters. The molecule has 0 aliphatic heterocycles.